The van der Waals surface area contributed by atoms with Crippen LogP contribution in [0.3, 0.4) is 0 Å². The third kappa shape index (κ3) is 8.26. The molecule has 4 rings (SSSR count). The normalized spacial score (nSPS) is 14.8. The van der Waals surface area contributed by atoms with Crippen LogP contribution in [0.1, 0.15) is 43.7 Å². The van der Waals surface area contributed by atoms with Crippen LogP contribution in [0.5, 0.6) is 0 Å². The summed E-state index contributed by atoms with van der Waals surface area (Å²) in [6.45, 7) is 5.80. The van der Waals surface area contributed by atoms with E-state index in [4.69, 9.17) is 10.8 Å². The van der Waals surface area contributed by atoms with Gasteiger partial charge in [-0.05, 0) is 49.3 Å². The Morgan fingerprint density at radius 1 is 1.11 bits per heavy atom. The zero-order valence-electron chi connectivity index (χ0n) is 22.0. The summed E-state index contributed by atoms with van der Waals surface area (Å²) in [5.74, 6) is -1.36. The fourth-order valence-corrected chi connectivity index (χ4v) is 4.21. The van der Waals surface area contributed by atoms with Gasteiger partial charge in [0.25, 0.3) is 0 Å². The number of carbonyl (C=O) groups is 2. The van der Waals surface area contributed by atoms with Crippen molar-refractivity contribution >= 4 is 23.5 Å². The van der Waals surface area contributed by atoms with Crippen LogP contribution in [0.2, 0.25) is 0 Å². The number of piperidine rings is 1. The number of rotatable bonds is 9. The Morgan fingerprint density at radius 2 is 1.76 bits per heavy atom. The number of benzene rings is 2. The van der Waals surface area contributed by atoms with Gasteiger partial charge in [0.1, 0.15) is 6.33 Å². The molecular weight excluding hydrogens is 485 g/mol. The molecule has 0 spiro atoms. The van der Waals surface area contributed by atoms with Gasteiger partial charge in [-0.25, -0.2) is 9.97 Å². The van der Waals surface area contributed by atoms with Crippen molar-refractivity contribution in [3.63, 3.8) is 0 Å². The lowest BCUT2D eigenvalue weighted by molar-refractivity contribution is -0.137. The minimum absolute atomic E-state index is 0.184. The van der Waals surface area contributed by atoms with Gasteiger partial charge in [-0.1, -0.05) is 61.0 Å². The molecule has 8 nitrogen and oxygen atoms in total. The first kappa shape index (κ1) is 28.6. The van der Waals surface area contributed by atoms with Crippen molar-refractivity contribution in [2.45, 2.75) is 46.0 Å². The summed E-state index contributed by atoms with van der Waals surface area (Å²) in [6, 6.07) is 16.5. The Bertz CT molecular complexity index is 1200. The average Bonchev–Trinajstić information content (AvgIpc) is 2.92. The van der Waals surface area contributed by atoms with Crippen LogP contribution >= 0.6 is 0 Å². The number of anilines is 2. The van der Waals surface area contributed by atoms with E-state index < -0.39 is 11.8 Å². The molecule has 1 unspecified atom stereocenters. The van der Waals surface area contributed by atoms with Crippen LogP contribution < -0.4 is 16.0 Å². The van der Waals surface area contributed by atoms with E-state index in [9.17, 15) is 14.0 Å². The number of primary amides is 1. The van der Waals surface area contributed by atoms with E-state index in [0.717, 1.165) is 30.4 Å². The first-order chi connectivity index (χ1) is 18.3. The molecule has 202 valence electrons. The standard InChI is InChI=1S/C16H16O2.C13H20FN5O/c1-12-2-7-14(8-3-12)15-9-4-13(5-10-15)6-11-16(17)18;1-2-5-16-12-10(14)13(18-8-17-12)19-6-3-4-9(7-19)11(15)20/h2-5,7-10H,6,11H2,1H3,(H,17,18);8-9H,2-7H2,1H3,(H2,15,20)(H,16,17,18). The Morgan fingerprint density at radius 3 is 2.37 bits per heavy atom. The number of carboxylic acid groups (broad SMARTS) is 1. The van der Waals surface area contributed by atoms with Gasteiger partial charge in [-0.15, -0.1) is 0 Å². The Hall–Kier alpha value is -4.01. The largest absolute Gasteiger partial charge is 0.481 e. The highest BCUT2D eigenvalue weighted by molar-refractivity contribution is 5.77. The van der Waals surface area contributed by atoms with Crippen molar-refractivity contribution in [2.24, 2.45) is 11.7 Å². The number of aliphatic carboxylic acids is 1. The molecule has 3 aromatic rings. The number of nitrogens with one attached hydrogen (secondary N) is 1. The number of carboxylic acids is 1. The van der Waals surface area contributed by atoms with Crippen molar-refractivity contribution in [1.82, 2.24) is 9.97 Å². The minimum Gasteiger partial charge on any atom is -0.481 e. The van der Waals surface area contributed by atoms with Gasteiger partial charge in [-0.2, -0.15) is 4.39 Å². The Kier molecular flexibility index (Phi) is 10.6. The molecule has 2 aromatic carbocycles. The second-order valence-corrected chi connectivity index (χ2v) is 9.43. The molecule has 0 bridgehead atoms. The summed E-state index contributed by atoms with van der Waals surface area (Å²) in [7, 11) is 0. The number of carbonyl (C=O) groups excluding carboxylic acids is 1. The van der Waals surface area contributed by atoms with E-state index in [1.165, 1.54) is 17.5 Å². The molecule has 0 aliphatic carbocycles. The fourth-order valence-electron chi connectivity index (χ4n) is 4.21. The van der Waals surface area contributed by atoms with Gasteiger partial charge in [0.05, 0.1) is 5.92 Å². The number of nitrogens with zero attached hydrogens (tertiary/aromatic N) is 3. The molecule has 38 heavy (non-hydrogen) atoms. The van der Waals surface area contributed by atoms with Crippen LogP contribution in [0.4, 0.5) is 16.0 Å². The number of hydrogen-bond acceptors (Lipinski definition) is 6. The first-order valence-electron chi connectivity index (χ1n) is 12.9. The molecule has 9 heteroatoms. The lowest BCUT2D eigenvalue weighted by atomic mass is 9.97. The molecule has 2 heterocycles. The van der Waals surface area contributed by atoms with Gasteiger partial charge < -0.3 is 21.1 Å². The summed E-state index contributed by atoms with van der Waals surface area (Å²) in [6.07, 6.45) is 4.54. The van der Waals surface area contributed by atoms with Crippen molar-refractivity contribution in [2.75, 3.05) is 29.9 Å². The summed E-state index contributed by atoms with van der Waals surface area (Å²) in [5, 5.41) is 11.6. The lowest BCUT2D eigenvalue weighted by Crippen LogP contribution is -2.42. The zero-order valence-corrected chi connectivity index (χ0v) is 22.0. The molecule has 1 aromatic heterocycles. The summed E-state index contributed by atoms with van der Waals surface area (Å²) < 4.78 is 14.4. The van der Waals surface area contributed by atoms with Crippen LogP contribution in [-0.2, 0) is 16.0 Å². The monoisotopic (exact) mass is 521 g/mol. The third-order valence-corrected chi connectivity index (χ3v) is 6.40. The Labute approximate surface area is 223 Å². The van der Waals surface area contributed by atoms with Crippen molar-refractivity contribution in [3.05, 3.63) is 71.8 Å². The molecule has 1 fully saturated rings. The molecular formula is C29H36FN5O3. The molecule has 0 saturated carbocycles. The highest BCUT2D eigenvalue weighted by atomic mass is 19.1. The molecule has 1 atom stereocenters. The van der Waals surface area contributed by atoms with Gasteiger partial charge in [0, 0.05) is 26.1 Å². The summed E-state index contributed by atoms with van der Waals surface area (Å²) in [5.41, 5.74) is 9.99. The molecule has 1 aliphatic rings. The topological polar surface area (TPSA) is 121 Å². The van der Waals surface area contributed by atoms with E-state index in [0.29, 0.717) is 26.1 Å². The number of amides is 1. The number of aryl methyl sites for hydroxylation is 2. The molecule has 1 aliphatic heterocycles. The van der Waals surface area contributed by atoms with E-state index in [1.807, 2.05) is 31.2 Å². The average molecular weight is 522 g/mol. The van der Waals surface area contributed by atoms with E-state index in [2.05, 4.69) is 46.5 Å². The number of hydrogen-bond donors (Lipinski definition) is 3. The van der Waals surface area contributed by atoms with Crippen molar-refractivity contribution in [3.8, 4) is 11.1 Å². The second-order valence-electron chi connectivity index (χ2n) is 9.43. The first-order valence-corrected chi connectivity index (χ1v) is 12.9. The van der Waals surface area contributed by atoms with Crippen molar-refractivity contribution < 1.29 is 19.1 Å². The smallest absolute Gasteiger partial charge is 0.303 e. The lowest BCUT2D eigenvalue weighted by Gasteiger charge is -2.32. The number of aromatic nitrogens is 2. The maximum absolute atomic E-state index is 14.4. The van der Waals surface area contributed by atoms with Gasteiger partial charge >= 0.3 is 5.97 Å². The van der Waals surface area contributed by atoms with Gasteiger partial charge in [0.2, 0.25) is 11.7 Å². The third-order valence-electron chi connectivity index (χ3n) is 6.40. The molecule has 1 saturated heterocycles. The maximum atomic E-state index is 14.4. The predicted molar refractivity (Wildman–Crippen MR) is 147 cm³/mol. The van der Waals surface area contributed by atoms with E-state index in [-0.39, 0.29) is 29.9 Å². The summed E-state index contributed by atoms with van der Waals surface area (Å²) in [4.78, 5) is 31.5. The second kappa shape index (κ2) is 14.1. The predicted octanol–water partition coefficient (Wildman–Crippen LogP) is 4.82. The van der Waals surface area contributed by atoms with Crippen molar-refractivity contribution in [1.29, 1.82) is 0 Å². The van der Waals surface area contributed by atoms with Crippen LogP contribution in [0, 0.1) is 18.7 Å². The molecule has 4 N–H and O–H groups in total. The number of halogens is 1. The van der Waals surface area contributed by atoms with Gasteiger partial charge in [0.15, 0.2) is 11.6 Å². The summed E-state index contributed by atoms with van der Waals surface area (Å²) >= 11 is 0. The fraction of sp³-hybridized carbons (Fsp3) is 0.379. The molecule has 1 amide bonds. The van der Waals surface area contributed by atoms with Crippen LogP contribution in [0.15, 0.2) is 54.9 Å². The van der Waals surface area contributed by atoms with E-state index in [1.54, 1.807) is 4.90 Å². The highest BCUT2D eigenvalue weighted by Gasteiger charge is 2.27. The molecule has 0 radical (unpaired) electrons. The van der Waals surface area contributed by atoms with Crippen LogP contribution in [-0.4, -0.2) is 46.6 Å². The van der Waals surface area contributed by atoms with E-state index >= 15 is 0 Å². The minimum atomic E-state index is -0.752. The zero-order chi connectivity index (χ0) is 27.5. The quantitative estimate of drug-likeness (QED) is 0.369. The van der Waals surface area contributed by atoms with Crippen LogP contribution in [0.25, 0.3) is 11.1 Å². The number of nitrogens with two attached hydrogens (primary N) is 1. The SMILES string of the molecule is CCCNc1ncnc(N2CCCC(C(N)=O)C2)c1F.Cc1ccc(-c2ccc(CCC(=O)O)cc2)cc1. The maximum Gasteiger partial charge on any atom is 0.303 e. The highest BCUT2D eigenvalue weighted by Crippen LogP contribution is 2.26. The Balaban J connectivity index is 0.000000212. The van der Waals surface area contributed by atoms with Gasteiger partial charge in [-0.3, -0.25) is 9.59 Å².